The Bertz CT molecular complexity index is 336. The number of hydrogen-bond donors (Lipinski definition) is 2. The molecule has 1 aromatic rings. The summed E-state index contributed by atoms with van der Waals surface area (Å²) in [4.78, 5) is 11.2. The van der Waals surface area contributed by atoms with Crippen molar-refractivity contribution in [1.82, 2.24) is 5.32 Å². The van der Waals surface area contributed by atoms with Crippen molar-refractivity contribution >= 4 is 17.7 Å². The molecule has 1 heterocycles. The van der Waals surface area contributed by atoms with Gasteiger partial charge in [-0.2, -0.15) is 11.8 Å². The maximum Gasteiger partial charge on any atom is 0.235 e. The second kappa shape index (κ2) is 5.41. The third-order valence-electron chi connectivity index (χ3n) is 2.47. The summed E-state index contributed by atoms with van der Waals surface area (Å²) >= 11 is 1.66. The van der Waals surface area contributed by atoms with Crippen LogP contribution in [0.5, 0.6) is 0 Å². The Morgan fingerprint density at radius 2 is 2.50 bits per heavy atom. The van der Waals surface area contributed by atoms with Gasteiger partial charge in [0.15, 0.2) is 0 Å². The predicted molar refractivity (Wildman–Crippen MR) is 64.0 cm³/mol. The van der Waals surface area contributed by atoms with Crippen LogP contribution in [0.4, 0.5) is 0 Å². The summed E-state index contributed by atoms with van der Waals surface area (Å²) in [6, 6.07) is 4.08. The van der Waals surface area contributed by atoms with Crippen molar-refractivity contribution in [2.75, 3.05) is 5.75 Å². The van der Waals surface area contributed by atoms with E-state index in [-0.39, 0.29) is 11.9 Å². The van der Waals surface area contributed by atoms with Gasteiger partial charge >= 0.3 is 0 Å². The molecule has 1 aliphatic carbocycles. The minimum atomic E-state index is -0.265. The zero-order valence-corrected chi connectivity index (χ0v) is 9.83. The molecule has 1 saturated carbocycles. The molecular weight excluding hydrogens is 224 g/mol. The molecule has 1 amide bonds. The first-order valence-electron chi connectivity index (χ1n) is 5.41. The molecule has 1 aliphatic rings. The molecule has 16 heavy (non-hydrogen) atoms. The fourth-order valence-electron chi connectivity index (χ4n) is 1.42. The standard InChI is InChI=1S/C11H16N2O2S/c12-11(14)10(13-8-3-4-8)7-16-6-9-2-1-5-15-9/h1-2,5,8,10,13H,3-4,6-7H2,(H2,12,14). The fourth-order valence-corrected chi connectivity index (χ4v) is 2.40. The maximum absolute atomic E-state index is 11.2. The van der Waals surface area contributed by atoms with Crippen LogP contribution in [0.25, 0.3) is 0 Å². The smallest absolute Gasteiger partial charge is 0.235 e. The number of furan rings is 1. The number of carbonyl (C=O) groups excluding carboxylic acids is 1. The average Bonchev–Trinajstić information content (AvgIpc) is 2.91. The number of amides is 1. The Kier molecular flexibility index (Phi) is 3.90. The summed E-state index contributed by atoms with van der Waals surface area (Å²) in [7, 11) is 0. The van der Waals surface area contributed by atoms with Gasteiger partial charge < -0.3 is 15.5 Å². The van der Waals surface area contributed by atoms with Gasteiger partial charge in [0.05, 0.1) is 18.1 Å². The van der Waals surface area contributed by atoms with Crippen molar-refractivity contribution in [1.29, 1.82) is 0 Å². The van der Waals surface area contributed by atoms with Crippen LogP contribution in [0.1, 0.15) is 18.6 Å². The van der Waals surface area contributed by atoms with E-state index in [1.165, 1.54) is 0 Å². The van der Waals surface area contributed by atoms with Crippen molar-refractivity contribution in [3.05, 3.63) is 24.2 Å². The lowest BCUT2D eigenvalue weighted by molar-refractivity contribution is -0.119. The van der Waals surface area contributed by atoms with Gasteiger partial charge in [0, 0.05) is 11.8 Å². The van der Waals surface area contributed by atoms with Crippen LogP contribution < -0.4 is 11.1 Å². The highest BCUT2D eigenvalue weighted by molar-refractivity contribution is 7.98. The molecular formula is C11H16N2O2S. The SMILES string of the molecule is NC(=O)C(CSCc1ccco1)NC1CC1. The summed E-state index contributed by atoms with van der Waals surface area (Å²) in [5.74, 6) is 2.15. The zero-order chi connectivity index (χ0) is 11.4. The van der Waals surface area contributed by atoms with Gasteiger partial charge in [0.25, 0.3) is 0 Å². The summed E-state index contributed by atoms with van der Waals surface area (Å²) in [6.45, 7) is 0. The largest absolute Gasteiger partial charge is 0.468 e. The molecule has 4 nitrogen and oxygen atoms in total. The van der Waals surface area contributed by atoms with Crippen LogP contribution in [-0.4, -0.2) is 23.7 Å². The Labute approximate surface area is 98.9 Å². The highest BCUT2D eigenvalue weighted by Crippen LogP contribution is 2.21. The highest BCUT2D eigenvalue weighted by atomic mass is 32.2. The van der Waals surface area contributed by atoms with Gasteiger partial charge in [-0.05, 0) is 25.0 Å². The van der Waals surface area contributed by atoms with Gasteiger partial charge in [-0.15, -0.1) is 0 Å². The summed E-state index contributed by atoms with van der Waals surface area (Å²) < 4.78 is 5.21. The molecule has 1 atom stereocenters. The average molecular weight is 240 g/mol. The van der Waals surface area contributed by atoms with Gasteiger partial charge in [-0.25, -0.2) is 0 Å². The number of primary amides is 1. The molecule has 5 heteroatoms. The molecule has 1 aromatic heterocycles. The van der Waals surface area contributed by atoms with Gasteiger partial charge in [-0.3, -0.25) is 4.79 Å². The van der Waals surface area contributed by atoms with Crippen LogP contribution in [-0.2, 0) is 10.5 Å². The van der Waals surface area contributed by atoms with Crippen LogP contribution in [0, 0.1) is 0 Å². The molecule has 88 valence electrons. The predicted octanol–water partition coefficient (Wildman–Crippen LogP) is 1.12. The first-order chi connectivity index (χ1) is 7.75. The van der Waals surface area contributed by atoms with E-state index in [4.69, 9.17) is 10.2 Å². The third-order valence-corrected chi connectivity index (χ3v) is 3.52. The summed E-state index contributed by atoms with van der Waals surface area (Å²) in [5, 5.41) is 3.24. The van der Waals surface area contributed by atoms with E-state index in [2.05, 4.69) is 5.32 Å². The molecule has 0 aliphatic heterocycles. The number of nitrogens with two attached hydrogens (primary N) is 1. The van der Waals surface area contributed by atoms with Crippen LogP contribution in [0.3, 0.4) is 0 Å². The molecule has 3 N–H and O–H groups in total. The van der Waals surface area contributed by atoms with Gasteiger partial charge in [0.1, 0.15) is 5.76 Å². The Hall–Kier alpha value is -0.940. The first kappa shape index (κ1) is 11.5. The first-order valence-corrected chi connectivity index (χ1v) is 6.56. The van der Waals surface area contributed by atoms with Crippen LogP contribution >= 0.6 is 11.8 Å². The molecule has 0 aromatic carbocycles. The zero-order valence-electron chi connectivity index (χ0n) is 9.02. The number of carbonyl (C=O) groups is 1. The number of hydrogen-bond acceptors (Lipinski definition) is 4. The normalized spacial score (nSPS) is 17.2. The maximum atomic E-state index is 11.2. The van der Waals surface area contributed by atoms with Crippen molar-refractivity contribution in [3.8, 4) is 0 Å². The number of nitrogens with one attached hydrogen (secondary N) is 1. The number of rotatable bonds is 7. The van der Waals surface area contributed by atoms with Crippen LogP contribution in [0.15, 0.2) is 22.8 Å². The van der Waals surface area contributed by atoms with E-state index >= 15 is 0 Å². The molecule has 0 spiro atoms. The fraction of sp³-hybridized carbons (Fsp3) is 0.545. The second-order valence-corrected chi connectivity index (χ2v) is 5.02. The Morgan fingerprint density at radius 1 is 1.69 bits per heavy atom. The van der Waals surface area contributed by atoms with Gasteiger partial charge in [-0.1, -0.05) is 0 Å². The quantitative estimate of drug-likeness (QED) is 0.749. The highest BCUT2D eigenvalue weighted by Gasteiger charge is 2.26. The molecule has 2 rings (SSSR count). The van der Waals surface area contributed by atoms with E-state index in [0.29, 0.717) is 11.8 Å². The molecule has 0 bridgehead atoms. The van der Waals surface area contributed by atoms with Gasteiger partial charge in [0.2, 0.25) is 5.91 Å². The van der Waals surface area contributed by atoms with E-state index in [1.54, 1.807) is 18.0 Å². The monoisotopic (exact) mass is 240 g/mol. The van der Waals surface area contributed by atoms with Crippen molar-refractivity contribution < 1.29 is 9.21 Å². The lowest BCUT2D eigenvalue weighted by atomic mass is 10.3. The molecule has 1 fully saturated rings. The van der Waals surface area contributed by atoms with E-state index < -0.39 is 0 Å². The Morgan fingerprint density at radius 3 is 3.06 bits per heavy atom. The lowest BCUT2D eigenvalue weighted by Gasteiger charge is -2.13. The van der Waals surface area contributed by atoms with E-state index in [0.717, 1.165) is 24.4 Å². The summed E-state index contributed by atoms with van der Waals surface area (Å²) in [6.07, 6.45) is 3.98. The molecule has 0 saturated heterocycles. The molecule has 0 radical (unpaired) electrons. The Balaban J connectivity index is 1.70. The number of thioether (sulfide) groups is 1. The molecule has 1 unspecified atom stereocenters. The second-order valence-electron chi connectivity index (χ2n) is 3.99. The minimum Gasteiger partial charge on any atom is -0.468 e. The summed E-state index contributed by atoms with van der Waals surface area (Å²) in [5.41, 5.74) is 5.33. The van der Waals surface area contributed by atoms with Crippen molar-refractivity contribution in [2.45, 2.75) is 30.7 Å². The lowest BCUT2D eigenvalue weighted by Crippen LogP contribution is -2.44. The third kappa shape index (κ3) is 3.57. The van der Waals surface area contributed by atoms with Crippen LogP contribution in [0.2, 0.25) is 0 Å². The topological polar surface area (TPSA) is 68.3 Å². The minimum absolute atomic E-state index is 0.215. The van der Waals surface area contributed by atoms with Crippen molar-refractivity contribution in [3.63, 3.8) is 0 Å². The van der Waals surface area contributed by atoms with Crippen molar-refractivity contribution in [2.24, 2.45) is 5.73 Å². The van der Waals surface area contributed by atoms with E-state index in [1.807, 2.05) is 12.1 Å². The van der Waals surface area contributed by atoms with E-state index in [9.17, 15) is 4.79 Å².